The highest BCUT2D eigenvalue weighted by Crippen LogP contribution is 2.16. The Morgan fingerprint density at radius 3 is 2.58 bits per heavy atom. The molecular weight excluding hydrogens is 395 g/mol. The van der Waals surface area contributed by atoms with E-state index in [9.17, 15) is 9.18 Å². The molecule has 2 aromatic carbocycles. The highest BCUT2D eigenvalue weighted by molar-refractivity contribution is 9.10. The van der Waals surface area contributed by atoms with Crippen LogP contribution < -0.4 is 11.1 Å². The molecule has 0 saturated heterocycles. The van der Waals surface area contributed by atoms with Crippen LogP contribution in [-0.4, -0.2) is 12.5 Å². The number of amides is 1. The molecule has 0 spiro atoms. The van der Waals surface area contributed by atoms with Crippen molar-refractivity contribution < 1.29 is 9.18 Å². The number of aryl methyl sites for hydroxylation is 1. The molecule has 1 unspecified atom stereocenters. The Labute approximate surface area is 156 Å². The van der Waals surface area contributed by atoms with Crippen LogP contribution in [0.4, 0.5) is 4.39 Å². The Bertz CT molecular complexity index is 655. The number of halogens is 3. The highest BCUT2D eigenvalue weighted by Gasteiger charge is 2.11. The molecule has 3 nitrogen and oxygen atoms in total. The van der Waals surface area contributed by atoms with Crippen molar-refractivity contribution in [1.29, 1.82) is 0 Å². The molecule has 0 aromatic heterocycles. The average molecular weight is 416 g/mol. The average Bonchev–Trinajstić information content (AvgIpc) is 2.54. The molecule has 130 valence electrons. The summed E-state index contributed by atoms with van der Waals surface area (Å²) in [5.74, 6) is -0.311. The number of carbonyl (C=O) groups excluding carboxylic acids is 1. The lowest BCUT2D eigenvalue weighted by Crippen LogP contribution is -2.28. The number of nitrogens with one attached hydrogen (secondary N) is 1. The van der Waals surface area contributed by atoms with E-state index in [2.05, 4.69) is 21.2 Å². The number of carbonyl (C=O) groups is 1. The quantitative estimate of drug-likeness (QED) is 0.668. The van der Waals surface area contributed by atoms with E-state index in [-0.39, 0.29) is 36.6 Å². The van der Waals surface area contributed by atoms with Gasteiger partial charge in [0.05, 0.1) is 0 Å². The largest absolute Gasteiger partial charge is 0.356 e. The summed E-state index contributed by atoms with van der Waals surface area (Å²) in [5, 5.41) is 2.83. The zero-order valence-electron chi connectivity index (χ0n) is 13.2. The van der Waals surface area contributed by atoms with Gasteiger partial charge in [0.15, 0.2) is 0 Å². The molecule has 0 fully saturated rings. The summed E-state index contributed by atoms with van der Waals surface area (Å²) in [7, 11) is 0. The van der Waals surface area contributed by atoms with Crippen LogP contribution >= 0.6 is 28.3 Å². The molecule has 24 heavy (non-hydrogen) atoms. The van der Waals surface area contributed by atoms with E-state index in [4.69, 9.17) is 5.73 Å². The van der Waals surface area contributed by atoms with Crippen LogP contribution in [0.5, 0.6) is 0 Å². The molecule has 6 heteroatoms. The van der Waals surface area contributed by atoms with Gasteiger partial charge in [0, 0.05) is 23.5 Å². The summed E-state index contributed by atoms with van der Waals surface area (Å²) in [5.41, 5.74) is 7.61. The second-order valence-electron chi connectivity index (χ2n) is 5.41. The van der Waals surface area contributed by atoms with E-state index in [0.29, 0.717) is 24.9 Å². The van der Waals surface area contributed by atoms with Gasteiger partial charge in [-0.1, -0.05) is 52.3 Å². The maximum atomic E-state index is 13.7. The van der Waals surface area contributed by atoms with Crippen molar-refractivity contribution in [3.63, 3.8) is 0 Å². The van der Waals surface area contributed by atoms with Gasteiger partial charge < -0.3 is 11.1 Å². The predicted octanol–water partition coefficient (Wildman–Crippen LogP) is 4.15. The van der Waals surface area contributed by atoms with Gasteiger partial charge in [-0.3, -0.25) is 4.79 Å². The zero-order valence-corrected chi connectivity index (χ0v) is 15.6. The maximum absolute atomic E-state index is 13.7. The number of rotatable bonds is 7. The third kappa shape index (κ3) is 6.59. The third-order valence-corrected chi connectivity index (χ3v) is 4.09. The van der Waals surface area contributed by atoms with E-state index in [1.807, 2.05) is 36.4 Å². The molecule has 3 N–H and O–H groups in total. The van der Waals surface area contributed by atoms with E-state index in [1.165, 1.54) is 6.07 Å². The summed E-state index contributed by atoms with van der Waals surface area (Å²) in [6.45, 7) is 0.510. The van der Waals surface area contributed by atoms with Crippen LogP contribution in [0.3, 0.4) is 0 Å². The first kappa shape index (κ1) is 20.6. The zero-order chi connectivity index (χ0) is 16.7. The van der Waals surface area contributed by atoms with Gasteiger partial charge in [-0.25, -0.2) is 4.39 Å². The number of hydrogen-bond donors (Lipinski definition) is 2. The van der Waals surface area contributed by atoms with Crippen molar-refractivity contribution in [2.75, 3.05) is 6.54 Å². The topological polar surface area (TPSA) is 55.1 Å². The number of nitrogens with two attached hydrogens (primary N) is 1. The fourth-order valence-corrected chi connectivity index (χ4v) is 2.65. The van der Waals surface area contributed by atoms with Crippen LogP contribution in [0.15, 0.2) is 53.0 Å². The SMILES string of the molecule is Cl.NC(CC(=O)NCCCc1ccc(Br)cc1F)c1ccccc1. The number of hydrogen-bond acceptors (Lipinski definition) is 2. The van der Waals surface area contributed by atoms with Crippen LogP contribution in [0.1, 0.15) is 30.0 Å². The lowest BCUT2D eigenvalue weighted by Gasteiger charge is -2.12. The summed E-state index contributed by atoms with van der Waals surface area (Å²) >= 11 is 3.23. The Morgan fingerprint density at radius 2 is 1.92 bits per heavy atom. The maximum Gasteiger partial charge on any atom is 0.221 e. The second-order valence-corrected chi connectivity index (χ2v) is 6.33. The molecule has 0 radical (unpaired) electrons. The van der Waals surface area contributed by atoms with E-state index in [0.717, 1.165) is 10.0 Å². The van der Waals surface area contributed by atoms with Gasteiger partial charge in [0.25, 0.3) is 0 Å². The van der Waals surface area contributed by atoms with Crippen LogP contribution in [0, 0.1) is 5.82 Å². The normalized spacial score (nSPS) is 11.5. The van der Waals surface area contributed by atoms with Crippen molar-refractivity contribution in [3.05, 3.63) is 69.9 Å². The minimum absolute atomic E-state index is 0. The first-order valence-corrected chi connectivity index (χ1v) is 8.36. The second kappa shape index (κ2) is 10.4. The van der Waals surface area contributed by atoms with Crippen LogP contribution in [0.2, 0.25) is 0 Å². The smallest absolute Gasteiger partial charge is 0.221 e. The Balaban J connectivity index is 0.00000288. The molecule has 0 aliphatic carbocycles. The minimum Gasteiger partial charge on any atom is -0.356 e. The standard InChI is InChI=1S/C18H20BrFN2O.ClH/c19-15-9-8-13(16(20)11-15)7-4-10-22-18(23)12-17(21)14-5-2-1-3-6-14;/h1-3,5-6,8-9,11,17H,4,7,10,12,21H2,(H,22,23);1H. The Kier molecular flexibility index (Phi) is 8.97. The summed E-state index contributed by atoms with van der Waals surface area (Å²) in [6.07, 6.45) is 1.52. The molecule has 0 saturated carbocycles. The first-order chi connectivity index (χ1) is 11.1. The fraction of sp³-hybridized carbons (Fsp3) is 0.278. The number of benzene rings is 2. The fourth-order valence-electron chi connectivity index (χ4n) is 2.32. The van der Waals surface area contributed by atoms with Crippen LogP contribution in [0.25, 0.3) is 0 Å². The van der Waals surface area contributed by atoms with Crippen molar-refractivity contribution in [1.82, 2.24) is 5.32 Å². The molecule has 2 aromatic rings. The van der Waals surface area contributed by atoms with E-state index >= 15 is 0 Å². The van der Waals surface area contributed by atoms with Crippen molar-refractivity contribution in [3.8, 4) is 0 Å². The molecule has 0 aliphatic heterocycles. The molecule has 2 rings (SSSR count). The molecule has 1 atom stereocenters. The first-order valence-electron chi connectivity index (χ1n) is 7.57. The predicted molar refractivity (Wildman–Crippen MR) is 101 cm³/mol. The van der Waals surface area contributed by atoms with Gasteiger partial charge in [0.2, 0.25) is 5.91 Å². The minimum atomic E-state index is -0.305. The van der Waals surface area contributed by atoms with Gasteiger partial charge in [0.1, 0.15) is 5.82 Å². The van der Waals surface area contributed by atoms with Crippen molar-refractivity contribution in [2.24, 2.45) is 5.73 Å². The molecule has 1 amide bonds. The van der Waals surface area contributed by atoms with Crippen molar-refractivity contribution in [2.45, 2.75) is 25.3 Å². The van der Waals surface area contributed by atoms with Gasteiger partial charge in [-0.15, -0.1) is 12.4 Å². The molecule has 0 aliphatic rings. The monoisotopic (exact) mass is 414 g/mol. The lowest BCUT2D eigenvalue weighted by atomic mass is 10.0. The Morgan fingerprint density at radius 1 is 1.21 bits per heavy atom. The summed E-state index contributed by atoms with van der Waals surface area (Å²) in [4.78, 5) is 11.9. The highest BCUT2D eigenvalue weighted by atomic mass is 79.9. The molecule has 0 heterocycles. The van der Waals surface area contributed by atoms with Gasteiger partial charge in [-0.2, -0.15) is 0 Å². The van der Waals surface area contributed by atoms with E-state index < -0.39 is 0 Å². The van der Waals surface area contributed by atoms with Gasteiger partial charge in [-0.05, 0) is 36.1 Å². The lowest BCUT2D eigenvalue weighted by molar-refractivity contribution is -0.121. The molecular formula is C18H21BrClFN2O. The van der Waals surface area contributed by atoms with E-state index in [1.54, 1.807) is 6.07 Å². The molecule has 0 bridgehead atoms. The Hall–Kier alpha value is -1.43. The van der Waals surface area contributed by atoms with Crippen LogP contribution in [-0.2, 0) is 11.2 Å². The summed E-state index contributed by atoms with van der Waals surface area (Å²) in [6, 6.07) is 14.3. The third-order valence-electron chi connectivity index (χ3n) is 3.59. The van der Waals surface area contributed by atoms with Crippen molar-refractivity contribution >= 4 is 34.2 Å². The summed E-state index contributed by atoms with van der Waals surface area (Å²) < 4.78 is 14.4. The van der Waals surface area contributed by atoms with Gasteiger partial charge >= 0.3 is 0 Å².